The number of carbonyl (C=O) groups excluding carboxylic acids is 2. The first kappa shape index (κ1) is 18.5. The van der Waals surface area contributed by atoms with E-state index in [1.165, 1.54) is 23.8 Å². The molecule has 1 aliphatic rings. The van der Waals surface area contributed by atoms with Crippen molar-refractivity contribution in [2.45, 2.75) is 6.92 Å². The Balaban J connectivity index is 2.34. The van der Waals surface area contributed by atoms with E-state index in [1.54, 1.807) is 24.3 Å². The number of amides is 2. The highest BCUT2D eigenvalue weighted by Gasteiger charge is 2.38. The van der Waals surface area contributed by atoms with Crippen LogP contribution in [0.1, 0.15) is 12.5 Å². The number of imide groups is 1. The lowest BCUT2D eigenvalue weighted by Gasteiger charge is -2.14. The summed E-state index contributed by atoms with van der Waals surface area (Å²) in [5, 5.41) is 9.05. The Bertz CT molecular complexity index is 626. The highest BCUT2D eigenvalue weighted by molar-refractivity contribution is 8.04. The number of ether oxygens (including phenoxy) is 2. The molecule has 7 heteroatoms. The summed E-state index contributed by atoms with van der Waals surface area (Å²) in [6.07, 6.45) is 0. The van der Waals surface area contributed by atoms with Crippen LogP contribution in [0.15, 0.2) is 29.2 Å². The molecule has 1 heterocycles. The Kier molecular flexibility index (Phi) is 6.84. The van der Waals surface area contributed by atoms with E-state index in [4.69, 9.17) is 14.6 Å². The van der Waals surface area contributed by atoms with Gasteiger partial charge >= 0.3 is 0 Å². The number of nitrogens with zero attached hydrogens (tertiary/aromatic N) is 1. The first-order chi connectivity index (χ1) is 11.6. The van der Waals surface area contributed by atoms with E-state index in [1.807, 2.05) is 6.92 Å². The van der Waals surface area contributed by atoms with Gasteiger partial charge in [-0.15, -0.1) is 11.8 Å². The molecule has 0 aliphatic carbocycles. The fourth-order valence-corrected chi connectivity index (χ4v) is 3.24. The van der Waals surface area contributed by atoms with Gasteiger partial charge in [0.25, 0.3) is 11.8 Å². The molecule has 2 amide bonds. The lowest BCUT2D eigenvalue weighted by Crippen LogP contribution is -2.34. The molecule has 0 aromatic heterocycles. The van der Waals surface area contributed by atoms with Crippen molar-refractivity contribution >= 4 is 29.1 Å². The molecule has 1 aromatic carbocycles. The van der Waals surface area contributed by atoms with Gasteiger partial charge in [-0.2, -0.15) is 0 Å². The molecular formula is C17H21NO5S. The molecule has 2 rings (SSSR count). The van der Waals surface area contributed by atoms with Crippen LogP contribution in [-0.4, -0.2) is 61.0 Å². The monoisotopic (exact) mass is 351 g/mol. The summed E-state index contributed by atoms with van der Waals surface area (Å²) in [6, 6.07) is 7.08. The van der Waals surface area contributed by atoms with Crippen molar-refractivity contribution in [2.24, 2.45) is 0 Å². The average molecular weight is 351 g/mol. The topological polar surface area (TPSA) is 76.1 Å². The molecule has 0 unspecified atom stereocenters. The molecule has 1 aromatic rings. The van der Waals surface area contributed by atoms with Gasteiger partial charge in [-0.1, -0.05) is 12.1 Å². The maximum absolute atomic E-state index is 12.7. The normalized spacial score (nSPS) is 14.7. The van der Waals surface area contributed by atoms with Crippen molar-refractivity contribution in [3.8, 4) is 5.75 Å². The zero-order valence-electron chi connectivity index (χ0n) is 13.8. The fourth-order valence-electron chi connectivity index (χ4n) is 2.36. The number of hydrogen-bond donors (Lipinski definition) is 1. The predicted octanol–water partition coefficient (Wildman–Crippen LogP) is 1.54. The highest BCUT2D eigenvalue weighted by Crippen LogP contribution is 2.36. The minimum Gasteiger partial charge on any atom is -0.494 e. The standard InChI is InChI=1S/C17H21NO5S/c1-3-23-13-6-4-12(5-7-13)14-15(24-11-9-19)17(21)18(16(14)20)8-10-22-2/h4-7,19H,3,8-11H2,1-2H3. The van der Waals surface area contributed by atoms with Crippen LogP contribution in [0.5, 0.6) is 5.75 Å². The van der Waals surface area contributed by atoms with Gasteiger partial charge in [0.1, 0.15) is 5.75 Å². The second-order valence-corrected chi connectivity index (χ2v) is 6.09. The summed E-state index contributed by atoms with van der Waals surface area (Å²) < 4.78 is 10.4. The summed E-state index contributed by atoms with van der Waals surface area (Å²) in [4.78, 5) is 26.8. The molecule has 1 aliphatic heterocycles. The number of methoxy groups -OCH3 is 1. The quantitative estimate of drug-likeness (QED) is 0.680. The smallest absolute Gasteiger partial charge is 0.268 e. The minimum atomic E-state index is -0.334. The largest absolute Gasteiger partial charge is 0.494 e. The molecule has 24 heavy (non-hydrogen) atoms. The molecule has 0 radical (unpaired) electrons. The van der Waals surface area contributed by atoms with Gasteiger partial charge < -0.3 is 14.6 Å². The van der Waals surface area contributed by atoms with Crippen molar-refractivity contribution in [1.29, 1.82) is 0 Å². The molecule has 0 spiro atoms. The number of aliphatic hydroxyl groups excluding tert-OH is 1. The first-order valence-electron chi connectivity index (χ1n) is 7.70. The first-order valence-corrected chi connectivity index (χ1v) is 8.68. The van der Waals surface area contributed by atoms with Crippen LogP contribution in [0.4, 0.5) is 0 Å². The average Bonchev–Trinajstić information content (AvgIpc) is 2.82. The Hall–Kier alpha value is -1.83. The van der Waals surface area contributed by atoms with Crippen molar-refractivity contribution in [3.63, 3.8) is 0 Å². The number of aliphatic hydroxyl groups is 1. The van der Waals surface area contributed by atoms with Gasteiger partial charge in [0.2, 0.25) is 0 Å². The van der Waals surface area contributed by atoms with E-state index >= 15 is 0 Å². The Labute approximate surface area is 145 Å². The molecule has 6 nitrogen and oxygen atoms in total. The van der Waals surface area contributed by atoms with Crippen molar-refractivity contribution in [3.05, 3.63) is 34.7 Å². The molecule has 1 N–H and O–H groups in total. The Morgan fingerprint density at radius 3 is 2.46 bits per heavy atom. The lowest BCUT2D eigenvalue weighted by atomic mass is 10.1. The van der Waals surface area contributed by atoms with Crippen LogP contribution in [0.3, 0.4) is 0 Å². The number of thioether (sulfide) groups is 1. The van der Waals surface area contributed by atoms with Crippen molar-refractivity contribution < 1.29 is 24.2 Å². The van der Waals surface area contributed by atoms with Gasteiger partial charge in [0.15, 0.2) is 0 Å². The molecular weight excluding hydrogens is 330 g/mol. The van der Waals surface area contributed by atoms with Crippen LogP contribution in [0, 0.1) is 0 Å². The number of carbonyl (C=O) groups is 2. The molecule has 0 saturated heterocycles. The summed E-state index contributed by atoms with van der Waals surface area (Å²) in [6.45, 7) is 2.88. The van der Waals surface area contributed by atoms with Crippen LogP contribution in [-0.2, 0) is 14.3 Å². The highest BCUT2D eigenvalue weighted by atomic mass is 32.2. The van der Waals surface area contributed by atoms with Crippen molar-refractivity contribution in [1.82, 2.24) is 4.90 Å². The molecule has 0 saturated carbocycles. The van der Waals surface area contributed by atoms with Crippen LogP contribution < -0.4 is 4.74 Å². The maximum atomic E-state index is 12.7. The molecule has 130 valence electrons. The van der Waals surface area contributed by atoms with Crippen molar-refractivity contribution in [2.75, 3.05) is 39.2 Å². The van der Waals surface area contributed by atoms with Gasteiger partial charge in [-0.05, 0) is 24.6 Å². The summed E-state index contributed by atoms with van der Waals surface area (Å²) >= 11 is 1.20. The third kappa shape index (κ3) is 3.98. The number of rotatable bonds is 9. The fraction of sp³-hybridized carbons (Fsp3) is 0.412. The number of benzene rings is 1. The number of hydrogen-bond acceptors (Lipinski definition) is 6. The van der Waals surface area contributed by atoms with Gasteiger partial charge in [-0.25, -0.2) is 0 Å². The molecule has 0 bridgehead atoms. The predicted molar refractivity (Wildman–Crippen MR) is 92.7 cm³/mol. The van der Waals surface area contributed by atoms with E-state index in [2.05, 4.69) is 0 Å². The van der Waals surface area contributed by atoms with E-state index in [-0.39, 0.29) is 31.6 Å². The maximum Gasteiger partial charge on any atom is 0.268 e. The second-order valence-electron chi connectivity index (χ2n) is 4.99. The van der Waals surface area contributed by atoms with Gasteiger partial charge in [0, 0.05) is 12.9 Å². The van der Waals surface area contributed by atoms with E-state index in [0.717, 1.165) is 0 Å². The Morgan fingerprint density at radius 1 is 1.17 bits per heavy atom. The summed E-state index contributed by atoms with van der Waals surface area (Å²) in [5.41, 5.74) is 1.04. The van der Waals surface area contributed by atoms with Gasteiger partial charge in [-0.3, -0.25) is 14.5 Å². The van der Waals surface area contributed by atoms with E-state index < -0.39 is 0 Å². The minimum absolute atomic E-state index is 0.0652. The third-order valence-electron chi connectivity index (χ3n) is 3.44. The third-order valence-corrected chi connectivity index (χ3v) is 4.49. The second kappa shape index (κ2) is 8.86. The summed E-state index contributed by atoms with van der Waals surface area (Å²) in [5.74, 6) is 0.396. The molecule has 0 atom stereocenters. The SMILES string of the molecule is CCOc1ccc(C2=C(SCCO)C(=O)N(CCOC)C2=O)cc1. The van der Waals surface area contributed by atoms with Gasteiger partial charge in [0.05, 0.1) is 36.8 Å². The zero-order chi connectivity index (χ0) is 17.5. The van der Waals surface area contributed by atoms with E-state index in [0.29, 0.717) is 34.2 Å². The Morgan fingerprint density at radius 2 is 1.88 bits per heavy atom. The van der Waals surface area contributed by atoms with Crippen LogP contribution in [0.25, 0.3) is 5.57 Å². The van der Waals surface area contributed by atoms with Crippen LogP contribution >= 0.6 is 11.8 Å². The van der Waals surface area contributed by atoms with E-state index in [9.17, 15) is 9.59 Å². The molecule has 0 fully saturated rings. The zero-order valence-corrected chi connectivity index (χ0v) is 14.6. The lowest BCUT2D eigenvalue weighted by molar-refractivity contribution is -0.137. The summed E-state index contributed by atoms with van der Waals surface area (Å²) in [7, 11) is 1.52. The van der Waals surface area contributed by atoms with Crippen LogP contribution in [0.2, 0.25) is 0 Å².